The molecule has 0 atom stereocenters. The lowest BCUT2D eigenvalue weighted by molar-refractivity contribution is -0.130. The number of nitrogens with one attached hydrogen (secondary N) is 2. The number of thiophene rings is 1. The fourth-order valence-electron chi connectivity index (χ4n) is 2.90. The molecule has 0 saturated heterocycles. The van der Waals surface area contributed by atoms with Gasteiger partial charge >= 0.3 is 0 Å². The highest BCUT2D eigenvalue weighted by molar-refractivity contribution is 14.0. The lowest BCUT2D eigenvalue weighted by atomic mass is 10.1. The SMILES string of the molecule is CCNC(=NCc1cc(F)ccc1F)NCC(=O)N1CCc2sccc2C1.I. The number of halogens is 3. The van der Waals surface area contributed by atoms with Crippen LogP contribution in [0.2, 0.25) is 0 Å². The van der Waals surface area contributed by atoms with E-state index in [2.05, 4.69) is 27.1 Å². The van der Waals surface area contributed by atoms with Gasteiger partial charge in [0.25, 0.3) is 0 Å². The number of aliphatic imine (C=N–C) groups is 1. The highest BCUT2D eigenvalue weighted by Gasteiger charge is 2.21. The maximum Gasteiger partial charge on any atom is 0.242 e. The van der Waals surface area contributed by atoms with Crippen LogP contribution in [0.1, 0.15) is 22.9 Å². The predicted octanol–water partition coefficient (Wildman–Crippen LogP) is 3.28. The van der Waals surface area contributed by atoms with E-state index in [-0.39, 0.29) is 48.5 Å². The van der Waals surface area contributed by atoms with Gasteiger partial charge in [0.2, 0.25) is 5.91 Å². The number of rotatable bonds is 5. The van der Waals surface area contributed by atoms with Crippen molar-refractivity contribution in [2.75, 3.05) is 19.6 Å². The standard InChI is InChI=1S/C19H22F2N4OS.HI/c1-2-22-19(23-10-14-9-15(20)3-4-16(14)21)24-11-18(26)25-7-5-17-13(12-25)6-8-27-17;/h3-4,6,8-9H,2,5,7,10-12H2,1H3,(H2,22,23,24);1H. The van der Waals surface area contributed by atoms with Gasteiger partial charge in [-0.3, -0.25) is 4.79 Å². The van der Waals surface area contributed by atoms with Gasteiger partial charge in [-0.1, -0.05) is 0 Å². The summed E-state index contributed by atoms with van der Waals surface area (Å²) in [4.78, 5) is 19.9. The van der Waals surface area contributed by atoms with E-state index in [9.17, 15) is 13.6 Å². The smallest absolute Gasteiger partial charge is 0.242 e. The van der Waals surface area contributed by atoms with Gasteiger partial charge in [0, 0.05) is 30.1 Å². The van der Waals surface area contributed by atoms with E-state index in [4.69, 9.17) is 0 Å². The first-order valence-corrected chi connectivity index (χ1v) is 9.74. The molecule has 28 heavy (non-hydrogen) atoms. The van der Waals surface area contributed by atoms with E-state index in [1.165, 1.54) is 10.4 Å². The second-order valence-corrected chi connectivity index (χ2v) is 7.22. The maximum atomic E-state index is 13.7. The van der Waals surface area contributed by atoms with Crippen LogP contribution in [0.25, 0.3) is 0 Å². The number of carbonyl (C=O) groups is 1. The van der Waals surface area contributed by atoms with Crippen molar-refractivity contribution in [3.63, 3.8) is 0 Å². The summed E-state index contributed by atoms with van der Waals surface area (Å²) in [6.45, 7) is 3.89. The Morgan fingerprint density at radius 2 is 2.11 bits per heavy atom. The summed E-state index contributed by atoms with van der Waals surface area (Å²) in [7, 11) is 0. The molecule has 0 aliphatic carbocycles. The van der Waals surface area contributed by atoms with Crippen molar-refractivity contribution >= 4 is 47.2 Å². The van der Waals surface area contributed by atoms with Crippen molar-refractivity contribution in [3.8, 4) is 0 Å². The van der Waals surface area contributed by atoms with Gasteiger partial charge < -0.3 is 15.5 Å². The zero-order valence-corrected chi connectivity index (χ0v) is 18.7. The van der Waals surface area contributed by atoms with Crippen LogP contribution in [-0.4, -0.2) is 36.4 Å². The van der Waals surface area contributed by atoms with Crippen molar-refractivity contribution in [1.82, 2.24) is 15.5 Å². The molecule has 9 heteroatoms. The van der Waals surface area contributed by atoms with Crippen molar-refractivity contribution in [2.45, 2.75) is 26.4 Å². The summed E-state index contributed by atoms with van der Waals surface area (Å²) < 4.78 is 27.0. The number of hydrogen-bond donors (Lipinski definition) is 2. The zero-order chi connectivity index (χ0) is 19.2. The van der Waals surface area contributed by atoms with Gasteiger partial charge in [0.05, 0.1) is 13.1 Å². The number of nitrogens with zero attached hydrogens (tertiary/aromatic N) is 2. The molecular weight excluding hydrogens is 497 g/mol. The van der Waals surface area contributed by atoms with Gasteiger partial charge in [0.1, 0.15) is 11.6 Å². The lowest BCUT2D eigenvalue weighted by Crippen LogP contribution is -2.45. The van der Waals surface area contributed by atoms with Crippen LogP contribution in [-0.2, 0) is 24.3 Å². The zero-order valence-electron chi connectivity index (χ0n) is 15.5. The van der Waals surface area contributed by atoms with Crippen LogP contribution < -0.4 is 10.6 Å². The highest BCUT2D eigenvalue weighted by Crippen LogP contribution is 2.23. The molecule has 2 N–H and O–H groups in total. The third-order valence-corrected chi connectivity index (χ3v) is 5.35. The number of hydrogen-bond acceptors (Lipinski definition) is 3. The first kappa shape index (κ1) is 22.5. The van der Waals surface area contributed by atoms with Crippen molar-refractivity contribution in [2.24, 2.45) is 4.99 Å². The van der Waals surface area contributed by atoms with E-state index in [1.54, 1.807) is 11.3 Å². The van der Waals surface area contributed by atoms with Crippen LogP contribution in [0.4, 0.5) is 8.78 Å². The summed E-state index contributed by atoms with van der Waals surface area (Å²) in [5.41, 5.74) is 1.38. The molecule has 0 spiro atoms. The second kappa shape index (κ2) is 10.7. The van der Waals surface area contributed by atoms with E-state index < -0.39 is 11.6 Å². The molecule has 0 fully saturated rings. The molecule has 1 aliphatic rings. The van der Waals surface area contributed by atoms with Gasteiger partial charge in [0.15, 0.2) is 5.96 Å². The summed E-state index contributed by atoms with van der Waals surface area (Å²) in [5, 5.41) is 8.04. The Bertz CT molecular complexity index is 843. The Hall–Kier alpha value is -1.75. The first-order valence-electron chi connectivity index (χ1n) is 8.86. The minimum atomic E-state index is -0.507. The van der Waals surface area contributed by atoms with Crippen molar-refractivity contribution in [1.29, 1.82) is 0 Å². The van der Waals surface area contributed by atoms with E-state index >= 15 is 0 Å². The molecule has 152 valence electrons. The molecule has 0 saturated carbocycles. The highest BCUT2D eigenvalue weighted by atomic mass is 127. The Morgan fingerprint density at radius 1 is 1.29 bits per heavy atom. The second-order valence-electron chi connectivity index (χ2n) is 6.22. The number of amides is 1. The molecule has 1 aliphatic heterocycles. The Kier molecular flexibility index (Phi) is 8.61. The van der Waals surface area contributed by atoms with Crippen LogP contribution in [0.15, 0.2) is 34.6 Å². The maximum absolute atomic E-state index is 13.7. The Labute approximate surface area is 184 Å². The molecular formula is C19H23F2IN4OS. The average molecular weight is 520 g/mol. The monoisotopic (exact) mass is 520 g/mol. The van der Waals surface area contributed by atoms with Crippen molar-refractivity contribution < 1.29 is 13.6 Å². The predicted molar refractivity (Wildman–Crippen MR) is 118 cm³/mol. The molecule has 0 radical (unpaired) electrons. The van der Waals surface area contributed by atoms with Crippen molar-refractivity contribution in [3.05, 3.63) is 57.3 Å². The van der Waals surface area contributed by atoms with Gasteiger partial charge in [-0.25, -0.2) is 13.8 Å². The van der Waals surface area contributed by atoms with Gasteiger partial charge in [-0.05, 0) is 48.6 Å². The third kappa shape index (κ3) is 5.87. The Balaban J connectivity index is 0.00000280. The van der Waals surface area contributed by atoms with E-state index in [0.29, 0.717) is 25.6 Å². The lowest BCUT2D eigenvalue weighted by Gasteiger charge is -2.27. The molecule has 0 bridgehead atoms. The average Bonchev–Trinajstić information content (AvgIpc) is 3.14. The quantitative estimate of drug-likeness (QED) is 0.362. The van der Waals surface area contributed by atoms with Crippen LogP contribution in [0.3, 0.4) is 0 Å². The summed E-state index contributed by atoms with van der Waals surface area (Å²) in [5.74, 6) is -0.642. The fourth-order valence-corrected chi connectivity index (χ4v) is 3.79. The minimum absolute atomic E-state index is 0. The molecule has 1 aromatic heterocycles. The molecule has 3 rings (SSSR count). The molecule has 0 unspecified atom stereocenters. The van der Waals surface area contributed by atoms with Crippen LogP contribution in [0.5, 0.6) is 0 Å². The number of benzene rings is 1. The fraction of sp³-hybridized carbons (Fsp3) is 0.368. The van der Waals surface area contributed by atoms with Gasteiger partial charge in [-0.15, -0.1) is 35.3 Å². The summed E-state index contributed by atoms with van der Waals surface area (Å²) >= 11 is 1.73. The normalized spacial score (nSPS) is 13.5. The Morgan fingerprint density at radius 3 is 2.89 bits per heavy atom. The minimum Gasteiger partial charge on any atom is -0.357 e. The molecule has 1 aromatic carbocycles. The third-order valence-electron chi connectivity index (χ3n) is 4.33. The number of carbonyl (C=O) groups excluding carboxylic acids is 1. The largest absolute Gasteiger partial charge is 0.357 e. The molecule has 2 aromatic rings. The number of guanidine groups is 1. The summed E-state index contributed by atoms with van der Waals surface area (Å²) in [6.07, 6.45) is 0.881. The number of fused-ring (bicyclic) bond motifs is 1. The van der Waals surface area contributed by atoms with Gasteiger partial charge in [-0.2, -0.15) is 0 Å². The van der Waals surface area contributed by atoms with E-state index in [0.717, 1.165) is 24.6 Å². The topological polar surface area (TPSA) is 56.7 Å². The van der Waals surface area contributed by atoms with E-state index in [1.807, 2.05) is 11.8 Å². The van der Waals surface area contributed by atoms with Crippen LogP contribution >= 0.6 is 35.3 Å². The molecule has 1 amide bonds. The molecule has 5 nitrogen and oxygen atoms in total. The first-order chi connectivity index (χ1) is 13.1. The summed E-state index contributed by atoms with van der Waals surface area (Å²) in [6, 6.07) is 5.34. The van der Waals surface area contributed by atoms with Crippen LogP contribution in [0, 0.1) is 11.6 Å². The molecule has 2 heterocycles.